The minimum absolute atomic E-state index is 0.895. The highest BCUT2D eigenvalue weighted by Gasteiger charge is 2.07. The number of methoxy groups -OCH3 is 2. The van der Waals surface area contributed by atoms with Gasteiger partial charge in [-0.25, -0.2) is 0 Å². The molecule has 1 aliphatic carbocycles. The Hall–Kier alpha value is -0.880. The van der Waals surface area contributed by atoms with Crippen LogP contribution in [0.5, 0.6) is 0 Å². The highest BCUT2D eigenvalue weighted by atomic mass is 16.5. The Morgan fingerprint density at radius 3 is 1.78 bits per heavy atom. The molecule has 1 rings (SSSR count). The van der Waals surface area contributed by atoms with Gasteiger partial charge in [-0.1, -0.05) is 0 Å². The minimum atomic E-state index is 0.895. The van der Waals surface area contributed by atoms with Crippen LogP contribution in [0.2, 0.25) is 0 Å². The molecule has 0 amide bonds. The van der Waals surface area contributed by atoms with Crippen LogP contribution >= 0.6 is 0 Å². The molecule has 0 unspecified atom stereocenters. The molecule has 9 heavy (non-hydrogen) atoms. The predicted molar refractivity (Wildman–Crippen MR) is 33.8 cm³/mol. The molecule has 0 bridgehead atoms. The fourth-order valence-corrected chi connectivity index (χ4v) is 0.814. The van der Waals surface area contributed by atoms with Crippen LogP contribution in [0.1, 0.15) is 12.8 Å². The van der Waals surface area contributed by atoms with E-state index >= 15 is 0 Å². The van der Waals surface area contributed by atoms with Crippen LogP contribution in [0.3, 0.4) is 0 Å². The van der Waals surface area contributed by atoms with Gasteiger partial charge in [-0.2, -0.15) is 0 Å². The molecule has 0 saturated carbocycles. The molecule has 0 heterocycles. The molecule has 0 aromatic rings. The Morgan fingerprint density at radius 2 is 1.56 bits per heavy atom. The van der Waals surface area contributed by atoms with E-state index in [2.05, 4.69) is 5.73 Å². The summed E-state index contributed by atoms with van der Waals surface area (Å²) in [4.78, 5) is 0. The second kappa shape index (κ2) is 2.60. The van der Waals surface area contributed by atoms with Crippen LogP contribution in [-0.2, 0) is 9.47 Å². The Kier molecular flexibility index (Phi) is 1.81. The van der Waals surface area contributed by atoms with E-state index in [1.54, 1.807) is 14.2 Å². The van der Waals surface area contributed by atoms with Gasteiger partial charge < -0.3 is 9.47 Å². The molecule has 0 aromatic heterocycles. The van der Waals surface area contributed by atoms with E-state index in [4.69, 9.17) is 9.47 Å². The third-order valence-electron chi connectivity index (χ3n) is 1.35. The van der Waals surface area contributed by atoms with Crippen molar-refractivity contribution < 1.29 is 9.47 Å². The zero-order chi connectivity index (χ0) is 6.69. The SMILES string of the molecule is COC1=C=C(OC)CC1. The van der Waals surface area contributed by atoms with Crippen molar-refractivity contribution >= 4 is 0 Å². The van der Waals surface area contributed by atoms with Gasteiger partial charge in [-0.05, 0) is 5.73 Å². The van der Waals surface area contributed by atoms with Gasteiger partial charge in [0.15, 0.2) is 0 Å². The van der Waals surface area contributed by atoms with E-state index in [1.807, 2.05) is 0 Å². The van der Waals surface area contributed by atoms with Crippen molar-refractivity contribution in [1.29, 1.82) is 0 Å². The molecular formula is C7H10O2. The third-order valence-corrected chi connectivity index (χ3v) is 1.35. The first-order valence-corrected chi connectivity index (χ1v) is 2.93. The third kappa shape index (κ3) is 1.27. The Labute approximate surface area is 54.8 Å². The summed E-state index contributed by atoms with van der Waals surface area (Å²) in [5.41, 5.74) is 2.98. The van der Waals surface area contributed by atoms with Crippen molar-refractivity contribution in [2.45, 2.75) is 12.8 Å². The summed E-state index contributed by atoms with van der Waals surface area (Å²) in [5.74, 6) is 1.79. The zero-order valence-corrected chi connectivity index (χ0v) is 5.73. The molecule has 0 aromatic carbocycles. The minimum Gasteiger partial charge on any atom is -0.493 e. The lowest BCUT2D eigenvalue weighted by atomic mass is 10.3. The predicted octanol–water partition coefficient (Wildman–Crippen LogP) is 1.44. The summed E-state index contributed by atoms with van der Waals surface area (Å²) < 4.78 is 9.90. The summed E-state index contributed by atoms with van der Waals surface area (Å²) in [7, 11) is 3.31. The summed E-state index contributed by atoms with van der Waals surface area (Å²) in [5, 5.41) is 0. The van der Waals surface area contributed by atoms with Crippen molar-refractivity contribution in [3.8, 4) is 0 Å². The van der Waals surface area contributed by atoms with Gasteiger partial charge in [0.25, 0.3) is 0 Å². The molecule has 0 fully saturated rings. The van der Waals surface area contributed by atoms with E-state index in [1.165, 1.54) is 0 Å². The number of hydrogen-bond donors (Lipinski definition) is 0. The van der Waals surface area contributed by atoms with Gasteiger partial charge in [0, 0.05) is 12.8 Å². The Bertz CT molecular complexity index is 140. The molecule has 50 valence electrons. The van der Waals surface area contributed by atoms with Crippen LogP contribution in [0.25, 0.3) is 0 Å². The molecule has 0 saturated heterocycles. The largest absolute Gasteiger partial charge is 0.493 e. The van der Waals surface area contributed by atoms with Crippen LogP contribution < -0.4 is 0 Å². The average Bonchev–Trinajstić information content (AvgIpc) is 2.34. The summed E-state index contributed by atoms with van der Waals surface area (Å²) in [6.07, 6.45) is 1.86. The molecule has 2 nitrogen and oxygen atoms in total. The number of rotatable bonds is 2. The summed E-state index contributed by atoms with van der Waals surface area (Å²) >= 11 is 0. The van der Waals surface area contributed by atoms with Crippen LogP contribution in [0.4, 0.5) is 0 Å². The van der Waals surface area contributed by atoms with Crippen molar-refractivity contribution in [3.05, 3.63) is 17.2 Å². The fourth-order valence-electron chi connectivity index (χ4n) is 0.814. The highest BCUT2D eigenvalue weighted by molar-refractivity contribution is 5.08. The lowest BCUT2D eigenvalue weighted by Crippen LogP contribution is -1.80. The smallest absolute Gasteiger partial charge is 0.141 e. The maximum Gasteiger partial charge on any atom is 0.141 e. The normalized spacial score (nSPS) is 16.7. The maximum atomic E-state index is 4.95. The van der Waals surface area contributed by atoms with E-state index in [-0.39, 0.29) is 0 Å². The molecule has 0 spiro atoms. The molecule has 0 atom stereocenters. The first-order valence-electron chi connectivity index (χ1n) is 2.93. The lowest BCUT2D eigenvalue weighted by Gasteiger charge is -1.94. The zero-order valence-electron chi connectivity index (χ0n) is 5.73. The van der Waals surface area contributed by atoms with Crippen molar-refractivity contribution in [3.63, 3.8) is 0 Å². The van der Waals surface area contributed by atoms with Gasteiger partial charge in [-0.15, -0.1) is 0 Å². The fraction of sp³-hybridized carbons (Fsp3) is 0.571. The molecule has 0 radical (unpaired) electrons. The number of hydrogen-bond acceptors (Lipinski definition) is 2. The highest BCUT2D eigenvalue weighted by Crippen LogP contribution is 2.18. The van der Waals surface area contributed by atoms with Crippen molar-refractivity contribution in [1.82, 2.24) is 0 Å². The standard InChI is InChI=1S/C7H10O2/c1-8-6-3-4-7(5-6)9-2/h3-4H2,1-2H3. The second-order valence-corrected chi connectivity index (χ2v) is 1.88. The van der Waals surface area contributed by atoms with E-state index in [0.717, 1.165) is 24.4 Å². The topological polar surface area (TPSA) is 18.5 Å². The quantitative estimate of drug-likeness (QED) is 0.521. The van der Waals surface area contributed by atoms with Gasteiger partial charge in [-0.3, -0.25) is 0 Å². The number of allylic oxidation sites excluding steroid dienone is 1. The van der Waals surface area contributed by atoms with E-state index < -0.39 is 0 Å². The van der Waals surface area contributed by atoms with Crippen molar-refractivity contribution in [2.24, 2.45) is 0 Å². The first-order chi connectivity index (χ1) is 4.36. The first kappa shape index (κ1) is 6.24. The monoisotopic (exact) mass is 126 g/mol. The molecule has 0 aliphatic heterocycles. The Morgan fingerprint density at radius 1 is 1.11 bits per heavy atom. The van der Waals surface area contributed by atoms with E-state index in [0.29, 0.717) is 0 Å². The molecule has 1 aliphatic rings. The molecule has 2 heteroatoms. The van der Waals surface area contributed by atoms with Crippen LogP contribution in [-0.4, -0.2) is 14.2 Å². The molecular weight excluding hydrogens is 116 g/mol. The van der Waals surface area contributed by atoms with Gasteiger partial charge in [0.05, 0.1) is 14.2 Å². The van der Waals surface area contributed by atoms with E-state index in [9.17, 15) is 0 Å². The van der Waals surface area contributed by atoms with Crippen LogP contribution in [0.15, 0.2) is 17.2 Å². The summed E-state index contributed by atoms with van der Waals surface area (Å²) in [6, 6.07) is 0. The second-order valence-electron chi connectivity index (χ2n) is 1.88. The summed E-state index contributed by atoms with van der Waals surface area (Å²) in [6.45, 7) is 0. The average molecular weight is 126 g/mol. The number of ether oxygens (including phenoxy) is 2. The lowest BCUT2D eigenvalue weighted by molar-refractivity contribution is 0.271. The van der Waals surface area contributed by atoms with Gasteiger partial charge in [0.2, 0.25) is 0 Å². The van der Waals surface area contributed by atoms with Crippen LogP contribution in [0, 0.1) is 0 Å². The van der Waals surface area contributed by atoms with Gasteiger partial charge >= 0.3 is 0 Å². The van der Waals surface area contributed by atoms with Gasteiger partial charge in [0.1, 0.15) is 11.5 Å². The Balaban J connectivity index is 2.64. The van der Waals surface area contributed by atoms with Crippen molar-refractivity contribution in [2.75, 3.05) is 14.2 Å². The maximum absolute atomic E-state index is 4.95. The molecule has 0 N–H and O–H groups in total.